The third-order valence-electron chi connectivity index (χ3n) is 8.51. The molecular formula is C36H68O5. The Morgan fingerprint density at radius 3 is 0.902 bits per heavy atom. The van der Waals surface area contributed by atoms with Crippen LogP contribution >= 0.6 is 0 Å². The second kappa shape index (κ2) is 31.6. The largest absolute Gasteiger partial charge is 0.478 e. The lowest BCUT2D eigenvalue weighted by molar-refractivity contribution is -0.229. The number of carbonyl (C=O) groups excluding carboxylic acids is 1. The molecule has 0 aliphatic carbocycles. The van der Waals surface area contributed by atoms with Crippen LogP contribution in [-0.2, 0) is 14.5 Å². The molecule has 0 aromatic carbocycles. The van der Waals surface area contributed by atoms with Gasteiger partial charge >= 0.3 is 11.9 Å². The van der Waals surface area contributed by atoms with E-state index in [4.69, 9.17) is 5.26 Å². The van der Waals surface area contributed by atoms with E-state index in [-0.39, 0.29) is 11.1 Å². The van der Waals surface area contributed by atoms with Gasteiger partial charge in [-0.2, -0.15) is 5.26 Å². The fraction of sp³-hybridized carbons (Fsp3) is 0.889. The number of carboxylic acids is 1. The highest BCUT2D eigenvalue weighted by atomic mass is 17.1. The SMILES string of the molecule is CCCCCCCCCCCCCCCC/C(C(=O)O)=C(\CCCCCCCCCCCCCCCC)C(=O)OO. The van der Waals surface area contributed by atoms with Crippen molar-refractivity contribution in [2.75, 3.05) is 0 Å². The van der Waals surface area contributed by atoms with E-state index in [1.165, 1.54) is 141 Å². The predicted molar refractivity (Wildman–Crippen MR) is 173 cm³/mol. The highest BCUT2D eigenvalue weighted by molar-refractivity contribution is 5.99. The van der Waals surface area contributed by atoms with Crippen LogP contribution in [0.4, 0.5) is 0 Å². The van der Waals surface area contributed by atoms with Crippen molar-refractivity contribution in [3.8, 4) is 0 Å². The quantitative estimate of drug-likeness (QED) is 0.0358. The third-order valence-corrected chi connectivity index (χ3v) is 8.51. The monoisotopic (exact) mass is 581 g/mol. The number of hydrogen-bond acceptors (Lipinski definition) is 4. The van der Waals surface area contributed by atoms with Crippen molar-refractivity contribution in [1.82, 2.24) is 0 Å². The van der Waals surface area contributed by atoms with E-state index < -0.39 is 11.9 Å². The summed E-state index contributed by atoms with van der Waals surface area (Å²) in [6.45, 7) is 4.52. The molecule has 41 heavy (non-hydrogen) atoms. The van der Waals surface area contributed by atoms with Gasteiger partial charge in [0.05, 0.1) is 5.57 Å². The second-order valence-corrected chi connectivity index (χ2v) is 12.3. The number of carboxylic acid groups (broad SMARTS) is 1. The van der Waals surface area contributed by atoms with Crippen LogP contribution in [-0.4, -0.2) is 22.3 Å². The molecule has 0 unspecified atom stereocenters. The summed E-state index contributed by atoms with van der Waals surface area (Å²) in [5.41, 5.74) is 0.270. The van der Waals surface area contributed by atoms with Crippen molar-refractivity contribution in [1.29, 1.82) is 0 Å². The van der Waals surface area contributed by atoms with Gasteiger partial charge in [0.25, 0.3) is 0 Å². The maximum absolute atomic E-state index is 12.2. The van der Waals surface area contributed by atoms with Crippen LogP contribution in [0.3, 0.4) is 0 Å². The van der Waals surface area contributed by atoms with Gasteiger partial charge in [0, 0.05) is 5.57 Å². The van der Waals surface area contributed by atoms with Gasteiger partial charge in [-0.1, -0.05) is 181 Å². The summed E-state index contributed by atoms with van der Waals surface area (Å²) in [6.07, 6.45) is 35.5. The molecule has 0 aromatic heterocycles. The van der Waals surface area contributed by atoms with Gasteiger partial charge in [0.1, 0.15) is 0 Å². The minimum atomic E-state index is -1.06. The van der Waals surface area contributed by atoms with Crippen LogP contribution in [0.15, 0.2) is 11.1 Å². The second-order valence-electron chi connectivity index (χ2n) is 12.3. The summed E-state index contributed by atoms with van der Waals surface area (Å²) >= 11 is 0. The van der Waals surface area contributed by atoms with Crippen LogP contribution in [0.2, 0.25) is 0 Å². The zero-order chi connectivity index (χ0) is 30.2. The molecule has 0 spiro atoms. The van der Waals surface area contributed by atoms with E-state index in [2.05, 4.69) is 18.7 Å². The maximum Gasteiger partial charge on any atom is 0.369 e. The predicted octanol–water partition coefficient (Wildman–Crippen LogP) is 12.1. The Labute approximate surface area is 254 Å². The van der Waals surface area contributed by atoms with Gasteiger partial charge in [0.2, 0.25) is 0 Å². The summed E-state index contributed by atoms with van der Waals surface area (Å²) in [5.74, 6) is -1.96. The number of hydrogen-bond donors (Lipinski definition) is 2. The number of unbranched alkanes of at least 4 members (excludes halogenated alkanes) is 26. The molecule has 2 N–H and O–H groups in total. The average molecular weight is 581 g/mol. The van der Waals surface area contributed by atoms with Gasteiger partial charge in [-0.25, -0.2) is 9.59 Å². The minimum absolute atomic E-state index is 0.123. The molecule has 5 heteroatoms. The molecule has 0 rings (SSSR count). The van der Waals surface area contributed by atoms with Crippen molar-refractivity contribution >= 4 is 11.9 Å². The summed E-state index contributed by atoms with van der Waals surface area (Å²) in [6, 6.07) is 0. The first kappa shape index (κ1) is 39.6. The molecule has 0 fully saturated rings. The van der Waals surface area contributed by atoms with E-state index in [9.17, 15) is 14.7 Å². The first-order valence-electron chi connectivity index (χ1n) is 17.9. The van der Waals surface area contributed by atoms with E-state index in [1.807, 2.05) is 0 Å². The molecule has 0 heterocycles. The Morgan fingerprint density at radius 2 is 0.659 bits per heavy atom. The topological polar surface area (TPSA) is 83.8 Å². The smallest absolute Gasteiger partial charge is 0.369 e. The normalized spacial score (nSPS) is 12.0. The molecule has 242 valence electrons. The summed E-state index contributed by atoms with van der Waals surface area (Å²) in [5, 5.41) is 18.7. The molecular weight excluding hydrogens is 512 g/mol. The molecule has 0 saturated heterocycles. The molecule has 5 nitrogen and oxygen atoms in total. The molecule has 0 amide bonds. The van der Waals surface area contributed by atoms with Gasteiger partial charge in [-0.3, -0.25) is 4.89 Å². The highest BCUT2D eigenvalue weighted by Gasteiger charge is 2.21. The van der Waals surface area contributed by atoms with E-state index in [0.717, 1.165) is 38.5 Å². The molecule has 0 radical (unpaired) electrons. The summed E-state index contributed by atoms with van der Waals surface area (Å²) in [4.78, 5) is 28.1. The molecule has 0 aliphatic heterocycles. The fourth-order valence-electron chi connectivity index (χ4n) is 5.81. The Morgan fingerprint density at radius 1 is 0.415 bits per heavy atom. The zero-order valence-electron chi connectivity index (χ0n) is 27.3. The summed E-state index contributed by atoms with van der Waals surface area (Å²) < 4.78 is 0. The highest BCUT2D eigenvalue weighted by Crippen LogP contribution is 2.22. The Kier molecular flexibility index (Phi) is 30.5. The lowest BCUT2D eigenvalue weighted by Crippen LogP contribution is -2.14. The van der Waals surface area contributed by atoms with Gasteiger partial charge < -0.3 is 5.11 Å². The van der Waals surface area contributed by atoms with Crippen molar-refractivity contribution in [3.63, 3.8) is 0 Å². The molecule has 0 saturated carbocycles. The Balaban J connectivity index is 4.04. The Bertz CT molecular complexity index is 627. The zero-order valence-corrected chi connectivity index (χ0v) is 27.3. The van der Waals surface area contributed by atoms with Crippen LogP contribution in [0.25, 0.3) is 0 Å². The van der Waals surface area contributed by atoms with E-state index in [1.54, 1.807) is 0 Å². The van der Waals surface area contributed by atoms with Crippen molar-refractivity contribution in [2.45, 2.75) is 206 Å². The number of carbonyl (C=O) groups is 2. The fourth-order valence-corrected chi connectivity index (χ4v) is 5.81. The van der Waals surface area contributed by atoms with E-state index in [0.29, 0.717) is 12.8 Å². The number of rotatable bonds is 32. The minimum Gasteiger partial charge on any atom is -0.478 e. The average Bonchev–Trinajstić information content (AvgIpc) is 2.97. The van der Waals surface area contributed by atoms with Crippen LogP contribution < -0.4 is 0 Å². The molecule has 0 aliphatic rings. The molecule has 0 aromatic rings. The van der Waals surface area contributed by atoms with Gasteiger partial charge in [-0.15, -0.1) is 0 Å². The maximum atomic E-state index is 12.2. The van der Waals surface area contributed by atoms with Crippen LogP contribution in [0, 0.1) is 0 Å². The van der Waals surface area contributed by atoms with E-state index >= 15 is 0 Å². The summed E-state index contributed by atoms with van der Waals surface area (Å²) in [7, 11) is 0. The third kappa shape index (κ3) is 26.0. The molecule has 0 atom stereocenters. The first-order valence-corrected chi connectivity index (χ1v) is 17.9. The van der Waals surface area contributed by atoms with Gasteiger partial charge in [0.15, 0.2) is 0 Å². The number of aliphatic carboxylic acids is 1. The van der Waals surface area contributed by atoms with Gasteiger partial charge in [-0.05, 0) is 25.7 Å². The van der Waals surface area contributed by atoms with Crippen LogP contribution in [0.5, 0.6) is 0 Å². The molecule has 0 bridgehead atoms. The first-order chi connectivity index (χ1) is 20.1. The standard InChI is InChI=1S/C36H68O5/c1-3-5-7-9-11-13-15-17-19-21-23-25-27-29-31-33(35(37)38)34(36(39)41-40)32-30-28-26-24-22-20-18-16-14-12-10-8-6-4-2/h40H,3-32H2,1-2H3,(H,37,38)/b34-33-. The van der Waals surface area contributed by atoms with Crippen molar-refractivity contribution < 1.29 is 24.8 Å². The lowest BCUT2D eigenvalue weighted by Gasteiger charge is -2.10. The van der Waals surface area contributed by atoms with Crippen molar-refractivity contribution in [3.05, 3.63) is 11.1 Å². The van der Waals surface area contributed by atoms with Crippen LogP contribution in [0.1, 0.15) is 206 Å². The lowest BCUT2D eigenvalue weighted by atomic mass is 9.96. The Hall–Kier alpha value is -1.36. The van der Waals surface area contributed by atoms with Crippen molar-refractivity contribution in [2.24, 2.45) is 0 Å².